The molecule has 1 aliphatic heterocycles. The highest BCUT2D eigenvalue weighted by Crippen LogP contribution is 2.41. The summed E-state index contributed by atoms with van der Waals surface area (Å²) in [6.45, 7) is -0.128. The average Bonchev–Trinajstić information content (AvgIpc) is 3.46. The van der Waals surface area contributed by atoms with Crippen molar-refractivity contribution in [2.24, 2.45) is 0 Å². The lowest BCUT2D eigenvalue weighted by Gasteiger charge is -2.26. The number of hydrogen-bond donors (Lipinski definition) is 1. The Balaban J connectivity index is 1.17. The van der Waals surface area contributed by atoms with Crippen molar-refractivity contribution in [1.29, 1.82) is 0 Å². The Bertz CT molecular complexity index is 2160. The SMILES string of the molecule is O=C(OC[C@@H]1S[C@H](CCCO)[C@H](OC(=O)c2ccc3ccccc3c2)[C@H]1OC(=O)c1ccc2ccccc2c1)c1ccc2ccccc2c1. The Kier molecular flexibility index (Phi) is 9.59. The first-order chi connectivity index (χ1) is 24.0. The summed E-state index contributed by atoms with van der Waals surface area (Å²) >= 11 is 1.44. The number of carbonyl (C=O) groups excluding carboxylic acids is 3. The highest BCUT2D eigenvalue weighted by atomic mass is 32.2. The van der Waals surface area contributed by atoms with E-state index in [-0.39, 0.29) is 18.5 Å². The van der Waals surface area contributed by atoms with Gasteiger partial charge in [0.1, 0.15) is 6.61 Å². The van der Waals surface area contributed by atoms with E-state index in [0.717, 1.165) is 32.3 Å². The molecule has 246 valence electrons. The van der Waals surface area contributed by atoms with Crippen molar-refractivity contribution in [3.63, 3.8) is 0 Å². The molecule has 0 amide bonds. The monoisotopic (exact) mass is 670 g/mol. The smallest absolute Gasteiger partial charge is 0.338 e. The van der Waals surface area contributed by atoms with Crippen LogP contribution in [-0.2, 0) is 14.2 Å². The van der Waals surface area contributed by atoms with Gasteiger partial charge in [0.05, 0.1) is 21.9 Å². The second kappa shape index (κ2) is 14.5. The molecule has 0 spiro atoms. The minimum atomic E-state index is -0.929. The molecule has 7 nitrogen and oxygen atoms in total. The van der Waals surface area contributed by atoms with E-state index in [0.29, 0.717) is 29.5 Å². The second-order valence-corrected chi connectivity index (χ2v) is 13.6. The van der Waals surface area contributed by atoms with E-state index >= 15 is 0 Å². The fourth-order valence-corrected chi connectivity index (χ4v) is 7.95. The van der Waals surface area contributed by atoms with Crippen molar-refractivity contribution in [2.75, 3.05) is 13.2 Å². The van der Waals surface area contributed by atoms with Gasteiger partial charge in [-0.15, -0.1) is 11.8 Å². The summed E-state index contributed by atoms with van der Waals surface area (Å²) in [6.07, 6.45) is -0.835. The summed E-state index contributed by atoms with van der Waals surface area (Å²) in [5.41, 5.74) is 1.13. The fourth-order valence-electron chi connectivity index (χ4n) is 6.32. The number of ether oxygens (including phenoxy) is 3. The summed E-state index contributed by atoms with van der Waals surface area (Å²) in [5, 5.41) is 14.5. The molecule has 49 heavy (non-hydrogen) atoms. The summed E-state index contributed by atoms with van der Waals surface area (Å²) in [6, 6.07) is 39.3. The van der Waals surface area contributed by atoms with Crippen molar-refractivity contribution >= 4 is 62.0 Å². The number of carbonyl (C=O) groups is 3. The summed E-state index contributed by atoms with van der Waals surface area (Å²) < 4.78 is 18.2. The number of fused-ring (bicyclic) bond motifs is 3. The molecule has 1 saturated heterocycles. The zero-order valence-electron chi connectivity index (χ0n) is 26.6. The third-order valence-electron chi connectivity index (χ3n) is 8.87. The summed E-state index contributed by atoms with van der Waals surface area (Å²) in [4.78, 5) is 40.7. The summed E-state index contributed by atoms with van der Waals surface area (Å²) in [5.74, 6) is -1.63. The van der Waals surface area contributed by atoms with Crippen molar-refractivity contribution in [3.8, 4) is 0 Å². The van der Waals surface area contributed by atoms with Gasteiger partial charge in [-0.2, -0.15) is 0 Å². The van der Waals surface area contributed by atoms with E-state index in [2.05, 4.69) is 0 Å². The molecule has 0 saturated carbocycles. The van der Waals surface area contributed by atoms with E-state index in [4.69, 9.17) is 14.2 Å². The van der Waals surface area contributed by atoms with Gasteiger partial charge in [-0.25, -0.2) is 14.4 Å². The van der Waals surface area contributed by atoms with E-state index in [1.807, 2.05) is 91.0 Å². The van der Waals surface area contributed by atoms with E-state index in [1.165, 1.54) is 11.8 Å². The van der Waals surface area contributed by atoms with Crippen molar-refractivity contribution in [2.45, 2.75) is 35.5 Å². The molecular weight excluding hydrogens is 637 g/mol. The molecule has 1 heterocycles. The van der Waals surface area contributed by atoms with Gasteiger partial charge in [0.25, 0.3) is 0 Å². The van der Waals surface area contributed by atoms with Gasteiger partial charge in [0, 0.05) is 11.9 Å². The molecule has 1 N–H and O–H groups in total. The number of rotatable bonds is 10. The number of benzene rings is 6. The lowest BCUT2D eigenvalue weighted by molar-refractivity contribution is -0.0366. The molecule has 0 unspecified atom stereocenters. The fraction of sp³-hybridized carbons (Fsp3) is 0.195. The number of esters is 3. The molecule has 6 aromatic rings. The van der Waals surface area contributed by atoms with Gasteiger partial charge >= 0.3 is 17.9 Å². The zero-order chi connectivity index (χ0) is 33.7. The highest BCUT2D eigenvalue weighted by molar-refractivity contribution is 8.01. The number of hydrogen-bond acceptors (Lipinski definition) is 8. The van der Waals surface area contributed by atoms with Crippen LogP contribution in [0.3, 0.4) is 0 Å². The topological polar surface area (TPSA) is 99.1 Å². The highest BCUT2D eigenvalue weighted by Gasteiger charge is 2.49. The Hall–Kier alpha value is -5.18. The molecule has 4 atom stereocenters. The minimum absolute atomic E-state index is 0.0500. The molecule has 6 aromatic carbocycles. The lowest BCUT2D eigenvalue weighted by atomic mass is 10.0. The quantitative estimate of drug-likeness (QED) is 0.116. The largest absolute Gasteiger partial charge is 0.461 e. The van der Waals surface area contributed by atoms with Gasteiger partial charge < -0.3 is 19.3 Å². The van der Waals surface area contributed by atoms with E-state index in [1.54, 1.807) is 36.4 Å². The maximum Gasteiger partial charge on any atom is 0.338 e. The normalized spacial score (nSPS) is 18.8. The molecule has 0 bridgehead atoms. The standard InChI is InChI=1S/C41H34O7S/c42-21-7-14-35-37(47-40(44)33-19-16-27-9-2-5-12-30(27)23-33)38(48-41(45)34-20-17-28-10-3-6-13-31(28)24-34)36(49-35)25-46-39(43)32-18-15-26-8-1-4-11-29(26)22-32/h1-6,8-13,15-20,22-24,35-38,42H,7,14,21,25H2/t35-,36+,37+,38+/m1/s1. The van der Waals surface area contributed by atoms with Gasteiger partial charge in [-0.05, 0) is 81.6 Å². The predicted molar refractivity (Wildman–Crippen MR) is 192 cm³/mol. The van der Waals surface area contributed by atoms with Crippen LogP contribution in [0.25, 0.3) is 32.3 Å². The van der Waals surface area contributed by atoms with Crippen LogP contribution in [0.4, 0.5) is 0 Å². The number of aliphatic hydroxyl groups is 1. The molecular formula is C41H34O7S. The van der Waals surface area contributed by atoms with Gasteiger partial charge in [-0.1, -0.05) is 91.0 Å². The van der Waals surface area contributed by atoms with Crippen LogP contribution < -0.4 is 0 Å². The molecule has 1 fully saturated rings. The van der Waals surface area contributed by atoms with Crippen LogP contribution in [-0.4, -0.2) is 58.9 Å². The number of thioether (sulfide) groups is 1. The minimum Gasteiger partial charge on any atom is -0.461 e. The van der Waals surface area contributed by atoms with Crippen LogP contribution in [0.5, 0.6) is 0 Å². The van der Waals surface area contributed by atoms with E-state index < -0.39 is 35.4 Å². The maximum absolute atomic E-state index is 13.7. The van der Waals surface area contributed by atoms with Crippen molar-refractivity contribution in [1.82, 2.24) is 0 Å². The molecule has 8 heteroatoms. The van der Waals surface area contributed by atoms with Gasteiger partial charge in [-0.3, -0.25) is 0 Å². The first kappa shape index (κ1) is 32.4. The molecule has 1 aliphatic rings. The van der Waals surface area contributed by atoms with Crippen molar-refractivity contribution < 1.29 is 33.7 Å². The van der Waals surface area contributed by atoms with Crippen LogP contribution in [0.15, 0.2) is 127 Å². The molecule has 0 aromatic heterocycles. The Morgan fingerprint density at radius 3 is 1.39 bits per heavy atom. The second-order valence-electron chi connectivity index (χ2n) is 12.1. The van der Waals surface area contributed by atoms with Crippen molar-refractivity contribution in [3.05, 3.63) is 144 Å². The van der Waals surface area contributed by atoms with E-state index in [9.17, 15) is 19.5 Å². The maximum atomic E-state index is 13.7. The average molecular weight is 671 g/mol. The number of aliphatic hydroxyl groups excluding tert-OH is 1. The van der Waals surface area contributed by atoms with Gasteiger partial charge in [0.15, 0.2) is 12.2 Å². The van der Waals surface area contributed by atoms with Crippen LogP contribution in [0.2, 0.25) is 0 Å². The van der Waals surface area contributed by atoms with Crippen LogP contribution >= 0.6 is 11.8 Å². The molecule has 0 radical (unpaired) electrons. The van der Waals surface area contributed by atoms with Crippen LogP contribution in [0, 0.1) is 0 Å². The first-order valence-electron chi connectivity index (χ1n) is 16.3. The third-order valence-corrected chi connectivity index (χ3v) is 10.5. The third kappa shape index (κ3) is 7.16. The van der Waals surface area contributed by atoms with Crippen LogP contribution in [0.1, 0.15) is 43.9 Å². The van der Waals surface area contributed by atoms with Gasteiger partial charge in [0.2, 0.25) is 0 Å². The molecule has 7 rings (SSSR count). The Morgan fingerprint density at radius 1 is 0.531 bits per heavy atom. The predicted octanol–water partition coefficient (Wildman–Crippen LogP) is 8.01. The molecule has 0 aliphatic carbocycles. The lowest BCUT2D eigenvalue weighted by Crippen LogP contribution is -2.42. The zero-order valence-corrected chi connectivity index (χ0v) is 27.4. The Morgan fingerprint density at radius 2 is 0.939 bits per heavy atom. The first-order valence-corrected chi connectivity index (χ1v) is 17.2. The summed E-state index contributed by atoms with van der Waals surface area (Å²) in [7, 11) is 0. The Labute approximate surface area is 287 Å².